The Labute approximate surface area is 84.1 Å². The number of halogens is 3. The molecule has 4 heteroatoms. The van der Waals surface area contributed by atoms with Crippen LogP contribution in [-0.2, 0) is 6.42 Å². The van der Waals surface area contributed by atoms with Gasteiger partial charge in [0.2, 0.25) is 0 Å². The fourth-order valence-electron chi connectivity index (χ4n) is 1.05. The zero-order valence-electron chi connectivity index (χ0n) is 6.99. The van der Waals surface area contributed by atoms with E-state index in [1.807, 2.05) is 0 Å². The van der Waals surface area contributed by atoms with Gasteiger partial charge >= 0.3 is 0 Å². The minimum Gasteiger partial charge on any atom is -0.330 e. The Kier molecular flexibility index (Phi) is 3.81. The topological polar surface area (TPSA) is 26.0 Å². The van der Waals surface area contributed by atoms with Crippen molar-refractivity contribution < 1.29 is 8.78 Å². The molecule has 1 aromatic carbocycles. The number of hydrogen-bond donors (Lipinski definition) is 1. The highest BCUT2D eigenvalue weighted by Gasteiger charge is 2.07. The lowest BCUT2D eigenvalue weighted by atomic mass is 10.1. The Balaban J connectivity index is 2.88. The second-order valence-electron chi connectivity index (χ2n) is 2.75. The lowest BCUT2D eigenvalue weighted by Gasteiger charge is -2.03. The monoisotopic (exact) mass is 249 g/mol. The van der Waals surface area contributed by atoms with Crippen molar-refractivity contribution in [2.75, 3.05) is 6.54 Å². The summed E-state index contributed by atoms with van der Waals surface area (Å²) in [6.07, 6.45) is 1.14. The lowest BCUT2D eigenvalue weighted by Crippen LogP contribution is -2.02. The van der Waals surface area contributed by atoms with E-state index in [1.165, 1.54) is 6.07 Å². The number of aryl methyl sites for hydroxylation is 1. The highest BCUT2D eigenvalue weighted by Crippen LogP contribution is 2.20. The molecule has 72 valence electrons. The Morgan fingerprint density at radius 3 is 2.54 bits per heavy atom. The third-order valence-electron chi connectivity index (χ3n) is 1.74. The van der Waals surface area contributed by atoms with E-state index in [9.17, 15) is 8.78 Å². The summed E-state index contributed by atoms with van der Waals surface area (Å²) in [4.78, 5) is 0. The largest absolute Gasteiger partial charge is 0.330 e. The van der Waals surface area contributed by atoms with E-state index in [0.717, 1.165) is 6.07 Å². The molecular formula is C9H10BrF2N. The van der Waals surface area contributed by atoms with Gasteiger partial charge in [-0.25, -0.2) is 8.78 Å². The predicted octanol–water partition coefficient (Wildman–Crippen LogP) is 2.62. The molecule has 0 fully saturated rings. The van der Waals surface area contributed by atoms with E-state index in [4.69, 9.17) is 5.73 Å². The highest BCUT2D eigenvalue weighted by atomic mass is 79.9. The van der Waals surface area contributed by atoms with Gasteiger partial charge in [-0.3, -0.25) is 0 Å². The molecule has 0 aliphatic carbocycles. The van der Waals surface area contributed by atoms with E-state index in [0.29, 0.717) is 24.9 Å². The third-order valence-corrected chi connectivity index (χ3v) is 2.35. The van der Waals surface area contributed by atoms with Crippen LogP contribution in [0.2, 0.25) is 0 Å². The maximum absolute atomic E-state index is 13.1. The van der Waals surface area contributed by atoms with Crippen molar-refractivity contribution in [3.8, 4) is 0 Å². The van der Waals surface area contributed by atoms with Crippen LogP contribution in [0, 0.1) is 11.6 Å². The second kappa shape index (κ2) is 4.67. The molecule has 2 N–H and O–H groups in total. The van der Waals surface area contributed by atoms with Crippen molar-refractivity contribution in [2.45, 2.75) is 12.8 Å². The Hall–Kier alpha value is -0.480. The van der Waals surface area contributed by atoms with Crippen molar-refractivity contribution in [1.29, 1.82) is 0 Å². The molecule has 0 spiro atoms. The summed E-state index contributed by atoms with van der Waals surface area (Å²) in [5.74, 6) is -0.824. The van der Waals surface area contributed by atoms with Crippen LogP contribution >= 0.6 is 15.9 Å². The fourth-order valence-corrected chi connectivity index (χ4v) is 1.36. The molecule has 0 amide bonds. The van der Waals surface area contributed by atoms with Crippen LogP contribution in [0.4, 0.5) is 8.78 Å². The minimum atomic E-state index is -0.437. The van der Waals surface area contributed by atoms with E-state index in [2.05, 4.69) is 15.9 Å². The number of rotatable bonds is 3. The minimum absolute atomic E-state index is 0.154. The van der Waals surface area contributed by atoms with Crippen molar-refractivity contribution >= 4 is 15.9 Å². The normalized spacial score (nSPS) is 10.5. The van der Waals surface area contributed by atoms with Crippen LogP contribution in [-0.4, -0.2) is 6.54 Å². The summed E-state index contributed by atoms with van der Waals surface area (Å²) in [6, 6.07) is 2.34. The maximum atomic E-state index is 13.1. The van der Waals surface area contributed by atoms with Gasteiger partial charge in [0.05, 0.1) is 4.47 Å². The first kappa shape index (κ1) is 10.6. The average molecular weight is 250 g/mol. The van der Waals surface area contributed by atoms with Gasteiger partial charge in [-0.1, -0.05) is 0 Å². The molecule has 0 bridgehead atoms. The van der Waals surface area contributed by atoms with Gasteiger partial charge in [0.25, 0.3) is 0 Å². The summed E-state index contributed by atoms with van der Waals surface area (Å²) in [6.45, 7) is 0.483. The van der Waals surface area contributed by atoms with Crippen molar-refractivity contribution in [2.24, 2.45) is 5.73 Å². The smallest absolute Gasteiger partial charge is 0.137 e. The molecule has 0 saturated heterocycles. The molecule has 0 radical (unpaired) electrons. The highest BCUT2D eigenvalue weighted by molar-refractivity contribution is 9.10. The number of benzene rings is 1. The fraction of sp³-hybridized carbons (Fsp3) is 0.333. The van der Waals surface area contributed by atoms with Gasteiger partial charge in [-0.15, -0.1) is 0 Å². The van der Waals surface area contributed by atoms with Gasteiger partial charge < -0.3 is 5.73 Å². The first-order chi connectivity index (χ1) is 6.15. The Bertz CT molecular complexity index is 302. The molecule has 1 aromatic rings. The lowest BCUT2D eigenvalue weighted by molar-refractivity contribution is 0.577. The van der Waals surface area contributed by atoms with E-state index in [-0.39, 0.29) is 10.3 Å². The van der Waals surface area contributed by atoms with Crippen LogP contribution in [0.3, 0.4) is 0 Å². The van der Waals surface area contributed by atoms with Gasteiger partial charge in [0.15, 0.2) is 0 Å². The van der Waals surface area contributed by atoms with Crippen molar-refractivity contribution in [3.63, 3.8) is 0 Å². The molecule has 0 aromatic heterocycles. The molecule has 1 rings (SSSR count). The Morgan fingerprint density at radius 2 is 1.92 bits per heavy atom. The van der Waals surface area contributed by atoms with Crippen molar-refractivity contribution in [1.82, 2.24) is 0 Å². The van der Waals surface area contributed by atoms with E-state index < -0.39 is 5.82 Å². The second-order valence-corrected chi connectivity index (χ2v) is 3.60. The summed E-state index contributed by atoms with van der Waals surface area (Å²) < 4.78 is 26.2. The first-order valence-electron chi connectivity index (χ1n) is 3.98. The van der Waals surface area contributed by atoms with Gasteiger partial charge in [-0.2, -0.15) is 0 Å². The molecule has 0 saturated carbocycles. The summed E-state index contributed by atoms with van der Waals surface area (Å²) in [7, 11) is 0. The number of nitrogens with two attached hydrogens (primary N) is 1. The van der Waals surface area contributed by atoms with Gasteiger partial charge in [0, 0.05) is 0 Å². The zero-order valence-corrected chi connectivity index (χ0v) is 8.57. The molecular weight excluding hydrogens is 240 g/mol. The molecule has 0 aliphatic heterocycles. The molecule has 0 unspecified atom stereocenters. The summed E-state index contributed by atoms with van der Waals surface area (Å²) >= 11 is 2.91. The first-order valence-corrected chi connectivity index (χ1v) is 4.78. The van der Waals surface area contributed by atoms with Crippen molar-refractivity contribution in [3.05, 3.63) is 33.8 Å². The SMILES string of the molecule is NCCCc1cc(F)c(Br)cc1F. The molecule has 0 heterocycles. The van der Waals surface area contributed by atoms with Crippen LogP contribution < -0.4 is 5.73 Å². The third kappa shape index (κ3) is 2.74. The summed E-state index contributed by atoms with van der Waals surface area (Å²) in [5.41, 5.74) is 5.65. The molecule has 1 nitrogen and oxygen atoms in total. The standard InChI is InChI=1S/C9H10BrF2N/c10-7-5-8(11)6(2-1-3-13)4-9(7)12/h4-5H,1-3,13H2. The Morgan fingerprint density at radius 1 is 1.23 bits per heavy atom. The van der Waals surface area contributed by atoms with Crippen LogP contribution in [0.15, 0.2) is 16.6 Å². The van der Waals surface area contributed by atoms with Crippen LogP contribution in [0.25, 0.3) is 0 Å². The molecule has 0 atom stereocenters. The van der Waals surface area contributed by atoms with E-state index in [1.54, 1.807) is 0 Å². The van der Waals surface area contributed by atoms with Gasteiger partial charge in [0.1, 0.15) is 11.6 Å². The average Bonchev–Trinajstić information content (AvgIpc) is 2.09. The van der Waals surface area contributed by atoms with Crippen LogP contribution in [0.1, 0.15) is 12.0 Å². The quantitative estimate of drug-likeness (QED) is 0.820. The van der Waals surface area contributed by atoms with Crippen LogP contribution in [0.5, 0.6) is 0 Å². The van der Waals surface area contributed by atoms with E-state index >= 15 is 0 Å². The molecule has 13 heavy (non-hydrogen) atoms. The maximum Gasteiger partial charge on any atom is 0.137 e. The number of hydrogen-bond acceptors (Lipinski definition) is 1. The zero-order chi connectivity index (χ0) is 9.84. The predicted molar refractivity (Wildman–Crippen MR) is 51.4 cm³/mol. The molecule has 0 aliphatic rings. The summed E-state index contributed by atoms with van der Waals surface area (Å²) in [5, 5.41) is 0. The van der Waals surface area contributed by atoms with Gasteiger partial charge in [-0.05, 0) is 53.0 Å².